The molecule has 0 heterocycles. The number of carbonyl (C=O) groups is 2. The Bertz CT molecular complexity index is 3580. The molecule has 0 radical (unpaired) electrons. The molecule has 93 heavy (non-hydrogen) atoms. The standard InChI is InChI=1S/C89H106O4/c1-7-13-19-25-51-87(52-26-20-14-8-2)79-57-67(63-31-35-65(36-32-63)85(90)91)39-45-73(79)75-47-41-69(59-81(75)87)71-43-49-77-78-50-44-72(62-84(78)89(83(77)61-71,55-29-23-17-11-5)56-30-24-18-12-6)70-42-48-76-74-46-40-68(64-33-37-66(38-34-64)86(92)93)58-80(74)88(82(76)60-70,53-27-21-15-9-3)54-28-22-16-10-4/h31-50,57-62H,7-30,51-56H2,1-6H3,(H,90,91)(H,92,93). The Morgan fingerprint density at radius 3 is 0.581 bits per heavy atom. The van der Waals surface area contributed by atoms with Crippen LogP contribution in [0.15, 0.2) is 158 Å². The summed E-state index contributed by atoms with van der Waals surface area (Å²) in [6.45, 7) is 14.0. The van der Waals surface area contributed by atoms with Gasteiger partial charge in [0.05, 0.1) is 11.1 Å². The maximum Gasteiger partial charge on any atom is 0.335 e. The van der Waals surface area contributed by atoms with E-state index < -0.39 is 11.9 Å². The second-order valence-electron chi connectivity index (χ2n) is 28.4. The zero-order chi connectivity index (χ0) is 65.0. The second-order valence-corrected chi connectivity index (χ2v) is 28.4. The molecular formula is C89H106O4. The fraction of sp³-hybridized carbons (Fsp3) is 0.438. The van der Waals surface area contributed by atoms with Crippen molar-refractivity contribution in [3.63, 3.8) is 0 Å². The van der Waals surface area contributed by atoms with Crippen LogP contribution in [0.5, 0.6) is 0 Å². The van der Waals surface area contributed by atoms with Crippen molar-refractivity contribution < 1.29 is 19.8 Å². The summed E-state index contributed by atoms with van der Waals surface area (Å²) in [4.78, 5) is 23.9. The highest BCUT2D eigenvalue weighted by Crippen LogP contribution is 2.60. The monoisotopic (exact) mass is 1240 g/mol. The number of carboxylic acids is 2. The lowest BCUT2D eigenvalue weighted by atomic mass is 9.69. The van der Waals surface area contributed by atoms with E-state index in [1.807, 2.05) is 24.3 Å². The van der Waals surface area contributed by atoms with Gasteiger partial charge < -0.3 is 10.2 Å². The Labute approximate surface area is 559 Å². The number of aromatic carboxylic acids is 2. The molecule has 0 fully saturated rings. The molecule has 8 aromatic rings. The molecule has 3 aliphatic carbocycles. The zero-order valence-electron chi connectivity index (χ0n) is 57.4. The Morgan fingerprint density at radius 2 is 0.409 bits per heavy atom. The molecule has 0 saturated heterocycles. The fourth-order valence-electron chi connectivity index (χ4n) is 17.3. The lowest BCUT2D eigenvalue weighted by Crippen LogP contribution is -2.26. The number of carboxylic acid groups (broad SMARTS) is 2. The summed E-state index contributed by atoms with van der Waals surface area (Å²) in [6.07, 6.45) is 36.1. The SMILES string of the molecule is CCCCCCC1(CCCCCC)c2cc(-c3ccc(C(=O)O)cc3)ccc2-c2ccc(-c3ccc4c(c3)C(CCCCCC)(CCCCCC)c3cc(-c5ccc6c(c5)C(CCCCCC)(CCCCCC)c5cc(-c7ccc(C(=O)O)cc7)ccc5-6)ccc3-4)cc21. The molecule has 4 nitrogen and oxygen atoms in total. The number of benzene rings is 8. The molecule has 0 atom stereocenters. The van der Waals surface area contributed by atoms with Gasteiger partial charge in [0, 0.05) is 16.2 Å². The summed E-state index contributed by atoms with van der Waals surface area (Å²) in [5.41, 5.74) is 27.3. The summed E-state index contributed by atoms with van der Waals surface area (Å²) in [7, 11) is 0. The van der Waals surface area contributed by atoms with Crippen LogP contribution in [0.25, 0.3) is 77.9 Å². The van der Waals surface area contributed by atoms with Crippen molar-refractivity contribution in [1.82, 2.24) is 0 Å². The van der Waals surface area contributed by atoms with E-state index in [4.69, 9.17) is 0 Å². The molecule has 0 bridgehead atoms. The molecule has 8 aromatic carbocycles. The van der Waals surface area contributed by atoms with E-state index >= 15 is 0 Å². The summed E-state index contributed by atoms with van der Waals surface area (Å²) in [6, 6.07) is 59.7. The number of hydrogen-bond donors (Lipinski definition) is 2. The van der Waals surface area contributed by atoms with Crippen molar-refractivity contribution in [2.75, 3.05) is 0 Å². The minimum absolute atomic E-state index is 0.124. The van der Waals surface area contributed by atoms with E-state index in [-0.39, 0.29) is 16.2 Å². The van der Waals surface area contributed by atoms with Crippen LogP contribution in [-0.2, 0) is 16.2 Å². The van der Waals surface area contributed by atoms with Crippen molar-refractivity contribution in [1.29, 1.82) is 0 Å². The predicted octanol–water partition coefficient (Wildman–Crippen LogP) is 26.4. The molecule has 0 aliphatic heterocycles. The third kappa shape index (κ3) is 13.8. The van der Waals surface area contributed by atoms with Crippen LogP contribution in [0, 0.1) is 0 Å². The Kier molecular flexibility index (Phi) is 22.3. The highest BCUT2D eigenvalue weighted by Gasteiger charge is 2.46. The first-order valence-corrected chi connectivity index (χ1v) is 37.0. The van der Waals surface area contributed by atoms with Gasteiger partial charge in [-0.15, -0.1) is 0 Å². The van der Waals surface area contributed by atoms with Crippen LogP contribution in [0.4, 0.5) is 0 Å². The molecule has 486 valence electrons. The highest BCUT2D eigenvalue weighted by atomic mass is 16.4. The Balaban J connectivity index is 1.03. The van der Waals surface area contributed by atoms with Crippen molar-refractivity contribution >= 4 is 11.9 Å². The maximum atomic E-state index is 12.0. The lowest BCUT2D eigenvalue weighted by molar-refractivity contribution is 0.0686. The van der Waals surface area contributed by atoms with Crippen LogP contribution < -0.4 is 0 Å². The van der Waals surface area contributed by atoms with Gasteiger partial charge in [-0.2, -0.15) is 0 Å². The Hall–Kier alpha value is -7.30. The first-order chi connectivity index (χ1) is 45.5. The van der Waals surface area contributed by atoms with Gasteiger partial charge in [-0.3, -0.25) is 0 Å². The molecular weight excluding hydrogens is 1130 g/mol. The Morgan fingerprint density at radius 1 is 0.237 bits per heavy atom. The largest absolute Gasteiger partial charge is 0.478 e. The maximum absolute atomic E-state index is 12.0. The summed E-state index contributed by atoms with van der Waals surface area (Å²) in [5.74, 6) is -1.79. The van der Waals surface area contributed by atoms with Crippen LogP contribution in [0.3, 0.4) is 0 Å². The van der Waals surface area contributed by atoms with E-state index in [0.717, 1.165) is 60.8 Å². The summed E-state index contributed by atoms with van der Waals surface area (Å²) >= 11 is 0. The number of hydrogen-bond acceptors (Lipinski definition) is 2. The van der Waals surface area contributed by atoms with Crippen LogP contribution in [0.2, 0.25) is 0 Å². The number of rotatable bonds is 36. The third-order valence-electron chi connectivity index (χ3n) is 22.4. The molecule has 0 spiro atoms. The van der Waals surface area contributed by atoms with Gasteiger partial charge in [0.25, 0.3) is 0 Å². The topological polar surface area (TPSA) is 74.6 Å². The number of fused-ring (bicyclic) bond motifs is 9. The molecule has 3 aliphatic rings. The molecule has 4 heteroatoms. The molecule has 0 aromatic heterocycles. The van der Waals surface area contributed by atoms with Crippen molar-refractivity contribution in [2.24, 2.45) is 0 Å². The van der Waals surface area contributed by atoms with Gasteiger partial charge in [0.2, 0.25) is 0 Å². The van der Waals surface area contributed by atoms with Crippen molar-refractivity contribution in [3.05, 3.63) is 202 Å². The van der Waals surface area contributed by atoms with E-state index in [1.165, 1.54) is 243 Å². The highest BCUT2D eigenvalue weighted by molar-refractivity contribution is 5.93. The number of unbranched alkanes of at least 4 members (excludes halogenated alkanes) is 18. The average Bonchev–Trinajstić information content (AvgIpc) is 1.58. The van der Waals surface area contributed by atoms with Gasteiger partial charge in [0.15, 0.2) is 0 Å². The van der Waals surface area contributed by atoms with Gasteiger partial charge in [-0.25, -0.2) is 9.59 Å². The minimum Gasteiger partial charge on any atom is -0.478 e. The minimum atomic E-state index is -0.893. The summed E-state index contributed by atoms with van der Waals surface area (Å²) in [5, 5.41) is 19.6. The molecule has 11 rings (SSSR count). The lowest BCUT2D eigenvalue weighted by Gasteiger charge is -2.34. The van der Waals surface area contributed by atoms with E-state index in [0.29, 0.717) is 11.1 Å². The molecule has 0 amide bonds. The first-order valence-electron chi connectivity index (χ1n) is 37.0. The molecule has 0 unspecified atom stereocenters. The normalized spacial score (nSPS) is 14.1. The predicted molar refractivity (Wildman–Crippen MR) is 393 cm³/mol. The second kappa shape index (κ2) is 30.8. The third-order valence-corrected chi connectivity index (χ3v) is 22.4. The van der Waals surface area contributed by atoms with E-state index in [1.54, 1.807) is 24.3 Å². The van der Waals surface area contributed by atoms with Crippen LogP contribution >= 0.6 is 0 Å². The fourth-order valence-corrected chi connectivity index (χ4v) is 17.3. The van der Waals surface area contributed by atoms with Gasteiger partial charge in [-0.1, -0.05) is 293 Å². The van der Waals surface area contributed by atoms with E-state index in [2.05, 4.69) is 151 Å². The zero-order valence-corrected chi connectivity index (χ0v) is 57.4. The van der Waals surface area contributed by atoms with Crippen LogP contribution in [-0.4, -0.2) is 22.2 Å². The van der Waals surface area contributed by atoms with Gasteiger partial charge in [-0.05, 0) is 210 Å². The molecule has 0 saturated carbocycles. The van der Waals surface area contributed by atoms with E-state index in [9.17, 15) is 19.8 Å². The molecule has 2 N–H and O–H groups in total. The van der Waals surface area contributed by atoms with Crippen molar-refractivity contribution in [3.8, 4) is 77.9 Å². The summed E-state index contributed by atoms with van der Waals surface area (Å²) < 4.78 is 0. The van der Waals surface area contributed by atoms with Crippen molar-refractivity contribution in [2.45, 2.75) is 250 Å². The van der Waals surface area contributed by atoms with Crippen LogP contribution in [0.1, 0.15) is 288 Å². The van der Waals surface area contributed by atoms with Gasteiger partial charge in [0.1, 0.15) is 0 Å². The first kappa shape index (κ1) is 67.1. The smallest absolute Gasteiger partial charge is 0.335 e. The van der Waals surface area contributed by atoms with Gasteiger partial charge >= 0.3 is 11.9 Å². The average molecular weight is 1240 g/mol. The quantitative estimate of drug-likeness (QED) is 0.0384.